The minimum Gasteiger partial charge on any atom is -0.385 e. The zero-order chi connectivity index (χ0) is 13.0. The van der Waals surface area contributed by atoms with E-state index >= 15 is 0 Å². The predicted octanol–water partition coefficient (Wildman–Crippen LogP) is 1.60. The summed E-state index contributed by atoms with van der Waals surface area (Å²) in [6, 6.07) is 5.04. The molecule has 2 aromatic rings. The molecule has 1 atom stereocenters. The minimum atomic E-state index is -0.554. The smallest absolute Gasteiger partial charge is 0.241 e. The summed E-state index contributed by atoms with van der Waals surface area (Å²) in [6.45, 7) is 0.475. The molecule has 0 fully saturated rings. The fraction of sp³-hybridized carbons (Fsp3) is 0.333. The average Bonchev–Trinajstić information content (AvgIpc) is 2.83. The van der Waals surface area contributed by atoms with E-state index in [9.17, 15) is 4.79 Å². The highest BCUT2D eigenvalue weighted by atomic mass is 32.1. The maximum atomic E-state index is 11.8. The summed E-state index contributed by atoms with van der Waals surface area (Å²) in [4.78, 5) is 16.0. The lowest BCUT2D eigenvalue weighted by Crippen LogP contribution is -2.36. The molecule has 0 saturated carbocycles. The second kappa shape index (κ2) is 5.90. The van der Waals surface area contributed by atoms with Crippen molar-refractivity contribution in [1.29, 1.82) is 0 Å². The maximum absolute atomic E-state index is 11.8. The minimum absolute atomic E-state index is 0.198. The van der Waals surface area contributed by atoms with Gasteiger partial charge in [-0.15, -0.1) is 11.3 Å². The van der Waals surface area contributed by atoms with E-state index in [4.69, 9.17) is 10.5 Å². The first kappa shape index (κ1) is 12.9. The van der Waals surface area contributed by atoms with Crippen LogP contribution < -0.4 is 11.1 Å². The summed E-state index contributed by atoms with van der Waals surface area (Å²) in [6.07, 6.45) is 0.505. The number of hydrogen-bond donors (Lipinski definition) is 2. The lowest BCUT2D eigenvalue weighted by atomic mass is 10.2. The van der Waals surface area contributed by atoms with Gasteiger partial charge in [-0.25, -0.2) is 4.98 Å². The Morgan fingerprint density at radius 2 is 2.44 bits per heavy atom. The zero-order valence-corrected chi connectivity index (χ0v) is 10.9. The van der Waals surface area contributed by atoms with Crippen LogP contribution in [0.1, 0.15) is 6.42 Å². The summed E-state index contributed by atoms with van der Waals surface area (Å²) < 4.78 is 5.93. The number of hydrogen-bond acceptors (Lipinski definition) is 5. The van der Waals surface area contributed by atoms with Crippen molar-refractivity contribution < 1.29 is 9.53 Å². The Bertz CT molecular complexity index is 541. The van der Waals surface area contributed by atoms with Crippen LogP contribution in [0.25, 0.3) is 10.2 Å². The normalized spacial score (nSPS) is 12.6. The standard InChI is InChI=1S/C12H15N3O2S/c1-17-5-4-9(13)12(16)15-8-2-3-10-11(6-8)18-7-14-10/h2-3,6-7,9H,4-5,13H2,1H3,(H,15,16). The van der Waals surface area contributed by atoms with E-state index in [0.717, 1.165) is 15.9 Å². The molecule has 18 heavy (non-hydrogen) atoms. The third kappa shape index (κ3) is 3.04. The van der Waals surface area contributed by atoms with Crippen LogP contribution in [0.5, 0.6) is 0 Å². The lowest BCUT2D eigenvalue weighted by Gasteiger charge is -2.11. The molecule has 0 aliphatic rings. The lowest BCUT2D eigenvalue weighted by molar-refractivity contribution is -0.117. The fourth-order valence-corrected chi connectivity index (χ4v) is 2.26. The molecule has 1 aromatic carbocycles. The monoisotopic (exact) mass is 265 g/mol. The van der Waals surface area contributed by atoms with E-state index in [0.29, 0.717) is 13.0 Å². The van der Waals surface area contributed by atoms with Crippen molar-refractivity contribution in [2.45, 2.75) is 12.5 Å². The Hall–Kier alpha value is -1.50. The fourth-order valence-electron chi connectivity index (χ4n) is 1.54. The Kier molecular flexibility index (Phi) is 4.24. The molecule has 0 aliphatic carbocycles. The number of thiazole rings is 1. The molecular formula is C12H15N3O2S. The summed E-state index contributed by atoms with van der Waals surface area (Å²) in [5, 5.41) is 2.79. The molecule has 1 aromatic heterocycles. The summed E-state index contributed by atoms with van der Waals surface area (Å²) in [5.41, 5.74) is 9.19. The van der Waals surface area contributed by atoms with Gasteiger partial charge in [-0.3, -0.25) is 4.79 Å². The Morgan fingerprint density at radius 3 is 3.22 bits per heavy atom. The van der Waals surface area contributed by atoms with E-state index in [2.05, 4.69) is 10.3 Å². The quantitative estimate of drug-likeness (QED) is 0.860. The van der Waals surface area contributed by atoms with Crippen molar-refractivity contribution >= 4 is 33.1 Å². The van der Waals surface area contributed by atoms with Crippen LogP contribution in [-0.2, 0) is 9.53 Å². The first-order chi connectivity index (χ1) is 8.70. The largest absolute Gasteiger partial charge is 0.385 e. The third-order valence-electron chi connectivity index (χ3n) is 2.57. The highest BCUT2D eigenvalue weighted by Crippen LogP contribution is 2.21. The van der Waals surface area contributed by atoms with Gasteiger partial charge in [0.25, 0.3) is 0 Å². The SMILES string of the molecule is COCCC(N)C(=O)Nc1ccc2ncsc2c1. The highest BCUT2D eigenvalue weighted by molar-refractivity contribution is 7.16. The number of rotatable bonds is 5. The number of nitrogens with two attached hydrogens (primary N) is 1. The van der Waals surface area contributed by atoms with Gasteiger partial charge in [0.15, 0.2) is 0 Å². The molecule has 1 unspecified atom stereocenters. The van der Waals surface area contributed by atoms with Gasteiger partial charge in [0.2, 0.25) is 5.91 Å². The van der Waals surface area contributed by atoms with E-state index in [-0.39, 0.29) is 5.91 Å². The summed E-state index contributed by atoms with van der Waals surface area (Å²) >= 11 is 1.54. The van der Waals surface area contributed by atoms with Crippen molar-refractivity contribution in [2.24, 2.45) is 5.73 Å². The molecule has 0 spiro atoms. The molecule has 0 radical (unpaired) electrons. The molecule has 0 bridgehead atoms. The molecule has 0 saturated heterocycles. The number of carbonyl (C=O) groups is 1. The zero-order valence-electron chi connectivity index (χ0n) is 10.1. The molecular weight excluding hydrogens is 250 g/mol. The molecule has 1 amide bonds. The Balaban J connectivity index is 2.01. The van der Waals surface area contributed by atoms with Crippen molar-refractivity contribution in [3.8, 4) is 0 Å². The second-order valence-corrected chi connectivity index (χ2v) is 4.80. The van der Waals surface area contributed by atoms with Gasteiger partial charge in [0.1, 0.15) is 0 Å². The molecule has 1 heterocycles. The number of fused-ring (bicyclic) bond motifs is 1. The number of aromatic nitrogens is 1. The number of carbonyl (C=O) groups excluding carboxylic acids is 1. The molecule has 2 rings (SSSR count). The highest BCUT2D eigenvalue weighted by Gasteiger charge is 2.13. The van der Waals surface area contributed by atoms with Crippen LogP contribution in [0.2, 0.25) is 0 Å². The second-order valence-electron chi connectivity index (χ2n) is 3.91. The van der Waals surface area contributed by atoms with Gasteiger partial charge in [0.05, 0.1) is 21.8 Å². The van der Waals surface area contributed by atoms with Gasteiger partial charge in [-0.1, -0.05) is 0 Å². The van der Waals surface area contributed by atoms with Crippen molar-refractivity contribution in [1.82, 2.24) is 4.98 Å². The summed E-state index contributed by atoms with van der Waals surface area (Å²) in [5.74, 6) is -0.198. The van der Waals surface area contributed by atoms with Crippen LogP contribution in [0.15, 0.2) is 23.7 Å². The van der Waals surface area contributed by atoms with Crippen molar-refractivity contribution in [2.75, 3.05) is 19.0 Å². The molecule has 3 N–H and O–H groups in total. The third-order valence-corrected chi connectivity index (χ3v) is 3.36. The van der Waals surface area contributed by atoms with Gasteiger partial charge in [-0.05, 0) is 24.6 Å². The topological polar surface area (TPSA) is 77.2 Å². The first-order valence-corrected chi connectivity index (χ1v) is 6.47. The van der Waals surface area contributed by atoms with Crippen LogP contribution in [0.4, 0.5) is 5.69 Å². The van der Waals surface area contributed by atoms with E-state index in [1.165, 1.54) is 11.3 Å². The Morgan fingerprint density at radius 1 is 1.61 bits per heavy atom. The number of amides is 1. The maximum Gasteiger partial charge on any atom is 0.241 e. The molecule has 0 aliphatic heterocycles. The van der Waals surface area contributed by atoms with Gasteiger partial charge in [-0.2, -0.15) is 0 Å². The van der Waals surface area contributed by atoms with E-state index in [1.807, 2.05) is 18.2 Å². The van der Waals surface area contributed by atoms with Crippen LogP contribution in [-0.4, -0.2) is 30.6 Å². The van der Waals surface area contributed by atoms with Crippen LogP contribution >= 0.6 is 11.3 Å². The Labute approximate surface area is 109 Å². The number of benzene rings is 1. The van der Waals surface area contributed by atoms with Crippen molar-refractivity contribution in [3.05, 3.63) is 23.7 Å². The number of nitrogens with zero attached hydrogens (tertiary/aromatic N) is 1. The number of nitrogens with one attached hydrogen (secondary N) is 1. The number of anilines is 1. The van der Waals surface area contributed by atoms with Gasteiger partial charge >= 0.3 is 0 Å². The first-order valence-electron chi connectivity index (χ1n) is 5.59. The summed E-state index contributed by atoms with van der Waals surface area (Å²) in [7, 11) is 1.59. The molecule has 5 nitrogen and oxygen atoms in total. The van der Waals surface area contributed by atoms with E-state index in [1.54, 1.807) is 12.6 Å². The van der Waals surface area contributed by atoms with Crippen molar-refractivity contribution in [3.63, 3.8) is 0 Å². The van der Waals surface area contributed by atoms with Crippen LogP contribution in [0.3, 0.4) is 0 Å². The molecule has 96 valence electrons. The predicted molar refractivity (Wildman–Crippen MR) is 72.7 cm³/mol. The van der Waals surface area contributed by atoms with E-state index < -0.39 is 6.04 Å². The average molecular weight is 265 g/mol. The van der Waals surface area contributed by atoms with Gasteiger partial charge in [0, 0.05) is 19.4 Å². The van der Waals surface area contributed by atoms with Crippen LogP contribution in [0, 0.1) is 0 Å². The van der Waals surface area contributed by atoms with Gasteiger partial charge < -0.3 is 15.8 Å². The number of methoxy groups -OCH3 is 1. The molecule has 6 heteroatoms. The number of ether oxygens (including phenoxy) is 1.